The highest BCUT2D eigenvalue weighted by Crippen LogP contribution is 2.31. The van der Waals surface area contributed by atoms with Crippen LogP contribution in [-0.4, -0.2) is 11.4 Å². The molecule has 1 saturated carbocycles. The van der Waals surface area contributed by atoms with Gasteiger partial charge in [-0.1, -0.05) is 31.4 Å². The van der Waals surface area contributed by atoms with Crippen LogP contribution in [0.15, 0.2) is 18.2 Å². The van der Waals surface area contributed by atoms with Gasteiger partial charge in [0.2, 0.25) is 5.91 Å². The van der Waals surface area contributed by atoms with Crippen LogP contribution in [0, 0.1) is 11.7 Å². The molecule has 0 radical (unpaired) electrons. The first kappa shape index (κ1) is 14.3. The Morgan fingerprint density at radius 3 is 2.95 bits per heavy atom. The molecule has 1 aromatic rings. The summed E-state index contributed by atoms with van der Waals surface area (Å²) in [7, 11) is 0. The molecule has 1 amide bonds. The lowest BCUT2D eigenvalue weighted by atomic mass is 9.76. The average Bonchev–Trinajstić information content (AvgIpc) is 2.33. The quantitative estimate of drug-likeness (QED) is 0.875. The molecule has 1 aromatic carbocycles. The zero-order valence-electron chi connectivity index (χ0n) is 10.9. The van der Waals surface area contributed by atoms with E-state index < -0.39 is 11.4 Å². The van der Waals surface area contributed by atoms with E-state index in [1.54, 1.807) is 0 Å². The molecule has 5 heteroatoms. The first-order chi connectivity index (χ1) is 8.90. The van der Waals surface area contributed by atoms with Gasteiger partial charge in [0, 0.05) is 5.69 Å². The van der Waals surface area contributed by atoms with Crippen LogP contribution in [0.5, 0.6) is 0 Å². The third-order valence-corrected chi connectivity index (χ3v) is 3.95. The average molecular weight is 285 g/mol. The molecule has 1 fully saturated rings. The lowest BCUT2D eigenvalue weighted by Gasteiger charge is -2.35. The Bertz CT molecular complexity index is 494. The Hall–Kier alpha value is -1.13. The van der Waals surface area contributed by atoms with Gasteiger partial charge in [-0.25, -0.2) is 4.39 Å². The van der Waals surface area contributed by atoms with Crippen molar-refractivity contribution in [1.29, 1.82) is 0 Å². The van der Waals surface area contributed by atoms with E-state index in [2.05, 4.69) is 12.2 Å². The molecular weight excluding hydrogens is 267 g/mol. The van der Waals surface area contributed by atoms with Gasteiger partial charge in [-0.2, -0.15) is 0 Å². The van der Waals surface area contributed by atoms with Crippen molar-refractivity contribution in [1.82, 2.24) is 0 Å². The normalized spacial score (nSPS) is 27.1. The minimum absolute atomic E-state index is 0.0131. The molecule has 1 aliphatic rings. The second-order valence-corrected chi connectivity index (χ2v) is 5.85. The van der Waals surface area contributed by atoms with E-state index in [-0.39, 0.29) is 10.9 Å². The number of nitrogens with two attached hydrogens (primary N) is 1. The summed E-state index contributed by atoms with van der Waals surface area (Å²) in [5.41, 5.74) is 5.83. The number of hydrogen-bond acceptors (Lipinski definition) is 2. The fourth-order valence-corrected chi connectivity index (χ4v) is 2.81. The molecule has 0 aromatic heterocycles. The summed E-state index contributed by atoms with van der Waals surface area (Å²) in [5.74, 6) is -0.281. The Kier molecular flexibility index (Phi) is 4.11. The topological polar surface area (TPSA) is 55.1 Å². The highest BCUT2D eigenvalue weighted by atomic mass is 35.5. The van der Waals surface area contributed by atoms with Crippen molar-refractivity contribution in [3.8, 4) is 0 Å². The number of benzene rings is 1. The Morgan fingerprint density at radius 1 is 1.58 bits per heavy atom. The van der Waals surface area contributed by atoms with Gasteiger partial charge in [0.05, 0.1) is 10.6 Å². The van der Waals surface area contributed by atoms with Crippen molar-refractivity contribution in [2.24, 2.45) is 11.7 Å². The number of hydrogen-bond donors (Lipinski definition) is 2. The second-order valence-electron chi connectivity index (χ2n) is 5.44. The lowest BCUT2D eigenvalue weighted by molar-refractivity contribution is -0.122. The molecule has 19 heavy (non-hydrogen) atoms. The first-order valence-electron chi connectivity index (χ1n) is 6.46. The predicted octanol–water partition coefficient (Wildman–Crippen LogP) is 3.33. The molecule has 0 saturated heterocycles. The second kappa shape index (κ2) is 5.47. The summed E-state index contributed by atoms with van der Waals surface area (Å²) in [6.45, 7) is 2.10. The van der Waals surface area contributed by atoms with Gasteiger partial charge in [-0.15, -0.1) is 0 Å². The molecule has 1 aliphatic carbocycles. The van der Waals surface area contributed by atoms with Crippen LogP contribution in [0.2, 0.25) is 5.02 Å². The van der Waals surface area contributed by atoms with Gasteiger partial charge in [-0.3, -0.25) is 4.79 Å². The molecule has 2 unspecified atom stereocenters. The smallest absolute Gasteiger partial charge is 0.244 e. The Morgan fingerprint density at radius 2 is 2.32 bits per heavy atom. The van der Waals surface area contributed by atoms with Crippen LogP contribution in [0.25, 0.3) is 0 Å². The van der Waals surface area contributed by atoms with E-state index in [4.69, 9.17) is 17.3 Å². The van der Waals surface area contributed by atoms with Crippen LogP contribution in [0.3, 0.4) is 0 Å². The molecule has 3 nitrogen and oxygen atoms in total. The van der Waals surface area contributed by atoms with Crippen LogP contribution in [0.4, 0.5) is 10.1 Å². The maximum Gasteiger partial charge on any atom is 0.244 e. The van der Waals surface area contributed by atoms with E-state index in [9.17, 15) is 9.18 Å². The molecule has 0 spiro atoms. The first-order valence-corrected chi connectivity index (χ1v) is 6.84. The summed E-state index contributed by atoms with van der Waals surface area (Å²) < 4.78 is 13.0. The Balaban J connectivity index is 2.09. The van der Waals surface area contributed by atoms with Crippen LogP contribution < -0.4 is 11.1 Å². The summed E-state index contributed by atoms with van der Waals surface area (Å²) in [6.07, 6.45) is 3.41. The molecule has 0 aliphatic heterocycles. The van der Waals surface area contributed by atoms with Crippen molar-refractivity contribution < 1.29 is 9.18 Å². The number of rotatable bonds is 2. The van der Waals surface area contributed by atoms with Gasteiger partial charge in [0.1, 0.15) is 5.82 Å². The summed E-state index contributed by atoms with van der Waals surface area (Å²) in [5, 5.41) is 2.71. The van der Waals surface area contributed by atoms with Crippen LogP contribution in [0.1, 0.15) is 32.6 Å². The maximum atomic E-state index is 13.0. The highest BCUT2D eigenvalue weighted by molar-refractivity contribution is 6.31. The largest absolute Gasteiger partial charge is 0.324 e. The third-order valence-electron chi connectivity index (χ3n) is 3.66. The van der Waals surface area contributed by atoms with E-state index in [1.807, 2.05) is 0 Å². The fraction of sp³-hybridized carbons (Fsp3) is 0.500. The molecule has 3 N–H and O–H groups in total. The van der Waals surface area contributed by atoms with Crippen molar-refractivity contribution in [3.05, 3.63) is 29.0 Å². The van der Waals surface area contributed by atoms with Crippen LogP contribution >= 0.6 is 11.6 Å². The minimum Gasteiger partial charge on any atom is -0.324 e. The van der Waals surface area contributed by atoms with Crippen molar-refractivity contribution >= 4 is 23.2 Å². The van der Waals surface area contributed by atoms with E-state index in [0.29, 0.717) is 24.4 Å². The summed E-state index contributed by atoms with van der Waals surface area (Å²) in [6, 6.07) is 4.10. The molecule has 104 valence electrons. The number of amides is 1. The molecular formula is C14H18ClFN2O. The van der Waals surface area contributed by atoms with Gasteiger partial charge in [-0.05, 0) is 37.0 Å². The molecule has 0 bridgehead atoms. The van der Waals surface area contributed by atoms with Gasteiger partial charge >= 0.3 is 0 Å². The summed E-state index contributed by atoms with van der Waals surface area (Å²) >= 11 is 5.68. The zero-order valence-corrected chi connectivity index (χ0v) is 11.6. The van der Waals surface area contributed by atoms with E-state index >= 15 is 0 Å². The van der Waals surface area contributed by atoms with Crippen molar-refractivity contribution in [2.45, 2.75) is 38.1 Å². The molecule has 2 atom stereocenters. The van der Waals surface area contributed by atoms with Gasteiger partial charge in [0.15, 0.2) is 0 Å². The van der Waals surface area contributed by atoms with Crippen molar-refractivity contribution in [2.75, 3.05) is 5.32 Å². The van der Waals surface area contributed by atoms with Gasteiger partial charge < -0.3 is 11.1 Å². The number of nitrogens with one attached hydrogen (secondary N) is 1. The number of halogens is 2. The monoisotopic (exact) mass is 284 g/mol. The number of carbonyl (C=O) groups excluding carboxylic acids is 1. The van der Waals surface area contributed by atoms with Gasteiger partial charge in [0.25, 0.3) is 0 Å². The van der Waals surface area contributed by atoms with E-state index in [1.165, 1.54) is 18.2 Å². The third kappa shape index (κ3) is 3.25. The number of carbonyl (C=O) groups is 1. The Labute approximate surface area is 117 Å². The summed E-state index contributed by atoms with van der Waals surface area (Å²) in [4.78, 5) is 12.3. The minimum atomic E-state index is -0.835. The molecule has 2 rings (SSSR count). The van der Waals surface area contributed by atoms with Crippen LogP contribution in [-0.2, 0) is 4.79 Å². The van der Waals surface area contributed by atoms with Crippen molar-refractivity contribution in [3.63, 3.8) is 0 Å². The SMILES string of the molecule is CC1CCCC(N)(C(=O)Nc2ccc(F)c(Cl)c2)C1. The lowest BCUT2D eigenvalue weighted by Crippen LogP contribution is -2.53. The molecule has 0 heterocycles. The maximum absolute atomic E-state index is 13.0. The fourth-order valence-electron chi connectivity index (χ4n) is 2.63. The zero-order chi connectivity index (χ0) is 14.0. The number of anilines is 1. The van der Waals surface area contributed by atoms with E-state index in [0.717, 1.165) is 12.8 Å². The predicted molar refractivity (Wildman–Crippen MR) is 74.6 cm³/mol. The standard InChI is InChI=1S/C14H18ClFN2O/c1-9-3-2-6-14(17,8-9)13(19)18-10-4-5-12(16)11(15)7-10/h4-5,7,9H,2-3,6,8,17H2,1H3,(H,18,19). The highest BCUT2D eigenvalue weighted by Gasteiger charge is 2.37.